The molecule has 0 unspecified atom stereocenters. The summed E-state index contributed by atoms with van der Waals surface area (Å²) in [7, 11) is 0. The molecule has 0 spiro atoms. The van der Waals surface area contributed by atoms with Crippen LogP contribution in [0.15, 0.2) is 522 Å². The topological polar surface area (TPSA) is 16.3 Å². The maximum atomic E-state index is 2.43. The van der Waals surface area contributed by atoms with Crippen molar-refractivity contribution in [1.82, 2.24) is 9.13 Å². The van der Waals surface area contributed by atoms with Crippen molar-refractivity contribution in [2.75, 3.05) is 9.80 Å². The summed E-state index contributed by atoms with van der Waals surface area (Å²) in [5.74, 6) is 0. The van der Waals surface area contributed by atoms with Crippen molar-refractivity contribution in [2.45, 2.75) is 13.8 Å². The van der Waals surface area contributed by atoms with Gasteiger partial charge >= 0.3 is 0 Å². The van der Waals surface area contributed by atoms with Crippen LogP contribution < -0.4 is 9.80 Å². The lowest BCUT2D eigenvalue weighted by Crippen LogP contribution is -2.12. The van der Waals surface area contributed by atoms with Crippen molar-refractivity contribution in [2.24, 2.45) is 0 Å². The summed E-state index contributed by atoms with van der Waals surface area (Å²) in [4.78, 5) is 4.78. The molecular weight excluding hydrogens is 1670 g/mol. The van der Waals surface area contributed by atoms with Gasteiger partial charge in [-0.15, -0.1) is 0 Å². The predicted molar refractivity (Wildman–Crippen MR) is 589 cm³/mol. The predicted octanol–water partition coefficient (Wildman–Crippen LogP) is 37.4. The Morgan fingerprint density at radius 2 is 0.406 bits per heavy atom. The number of hydrogen-bond donors (Lipinski definition) is 0. The Balaban J connectivity index is 0.000000146. The second-order valence-electron chi connectivity index (χ2n) is 36.2. The van der Waals surface area contributed by atoms with Gasteiger partial charge in [0.2, 0.25) is 0 Å². The summed E-state index contributed by atoms with van der Waals surface area (Å²) < 4.78 is 4.84. The number of nitrogens with zero attached hydrogens (tertiary/aromatic N) is 4. The molecule has 2 heterocycles. The number of fused-ring (bicyclic) bond motifs is 12. The number of para-hydroxylation sites is 2. The lowest BCUT2D eigenvalue weighted by atomic mass is 9.83. The van der Waals surface area contributed by atoms with Crippen molar-refractivity contribution in [1.29, 1.82) is 0 Å². The quantitative estimate of drug-likeness (QED) is 0.0897. The fraction of sp³-hybridized carbons (Fsp3) is 0.0149. The Labute approximate surface area is 802 Å². The Morgan fingerprint density at radius 3 is 0.746 bits per heavy atom. The molecule has 26 aromatic rings. The van der Waals surface area contributed by atoms with E-state index < -0.39 is 0 Å². The van der Waals surface area contributed by atoms with Crippen molar-refractivity contribution < 1.29 is 0 Å². The summed E-state index contributed by atoms with van der Waals surface area (Å²) >= 11 is 0. The van der Waals surface area contributed by atoms with Crippen molar-refractivity contribution in [3.63, 3.8) is 0 Å². The molecule has 0 aliphatic heterocycles. The number of aryl methyl sites for hydroxylation is 2. The molecule has 0 N–H and O–H groups in total. The first-order valence-electron chi connectivity index (χ1n) is 47.7. The molecule has 0 radical (unpaired) electrons. The minimum Gasteiger partial charge on any atom is -0.311 e. The number of aromatic nitrogens is 2. The van der Waals surface area contributed by atoms with Crippen LogP contribution in [-0.2, 0) is 0 Å². The second-order valence-corrected chi connectivity index (χ2v) is 36.2. The zero-order valence-corrected chi connectivity index (χ0v) is 76.4. The number of rotatable bonds is 16. The van der Waals surface area contributed by atoms with Gasteiger partial charge in [-0.05, 0) is 324 Å². The molecule has 26 rings (SSSR count). The highest BCUT2D eigenvalue weighted by Gasteiger charge is 2.27. The third-order valence-corrected chi connectivity index (χ3v) is 28.2. The molecule has 648 valence electrons. The Bertz CT molecular complexity index is 8850. The van der Waals surface area contributed by atoms with E-state index >= 15 is 0 Å². The van der Waals surface area contributed by atoms with E-state index in [1.807, 2.05) is 0 Å². The van der Waals surface area contributed by atoms with Crippen LogP contribution in [0.2, 0.25) is 0 Å². The van der Waals surface area contributed by atoms with Crippen LogP contribution in [0.25, 0.3) is 209 Å². The highest BCUT2D eigenvalue weighted by molar-refractivity contribution is 6.26. The van der Waals surface area contributed by atoms with E-state index in [4.69, 9.17) is 0 Å². The van der Waals surface area contributed by atoms with E-state index in [1.165, 1.54) is 208 Å². The van der Waals surface area contributed by atoms with Crippen LogP contribution in [-0.4, -0.2) is 9.13 Å². The smallest absolute Gasteiger partial charge is 0.0541 e. The molecule has 0 saturated heterocycles. The highest BCUT2D eigenvalue weighted by Crippen LogP contribution is 2.52. The first-order valence-corrected chi connectivity index (χ1v) is 47.7. The third-order valence-electron chi connectivity index (χ3n) is 28.2. The first-order chi connectivity index (χ1) is 68.3. The summed E-state index contributed by atoms with van der Waals surface area (Å²) in [6, 6.07) is 191. The van der Waals surface area contributed by atoms with Gasteiger partial charge in [-0.2, -0.15) is 0 Å². The number of benzene rings is 24. The van der Waals surface area contributed by atoms with Crippen molar-refractivity contribution in [3.05, 3.63) is 533 Å². The van der Waals surface area contributed by atoms with Crippen LogP contribution in [0.1, 0.15) is 11.1 Å². The molecule has 0 bridgehead atoms. The van der Waals surface area contributed by atoms with Crippen LogP contribution in [0, 0.1) is 13.8 Å². The molecule has 138 heavy (non-hydrogen) atoms. The highest BCUT2D eigenvalue weighted by atomic mass is 15.2. The third kappa shape index (κ3) is 14.5. The van der Waals surface area contributed by atoms with Gasteiger partial charge in [0.15, 0.2) is 0 Å². The minimum absolute atomic E-state index is 1.08. The van der Waals surface area contributed by atoms with Gasteiger partial charge in [-0.3, -0.25) is 0 Å². The average Bonchev–Trinajstić information content (AvgIpc) is 1.38. The molecule has 4 heteroatoms. The van der Waals surface area contributed by atoms with E-state index in [9.17, 15) is 0 Å². The van der Waals surface area contributed by atoms with Gasteiger partial charge in [0.25, 0.3) is 0 Å². The van der Waals surface area contributed by atoms with Gasteiger partial charge in [0.05, 0.1) is 22.1 Å². The van der Waals surface area contributed by atoms with Crippen LogP contribution in [0.4, 0.5) is 34.1 Å². The fourth-order valence-electron chi connectivity index (χ4n) is 21.8. The standard InChI is InChI=1S/C68H48N2.C66H44N2/c1-45-42-66(46(2)41-61(45)68-59-30-16-14-28-57(59)67(58-29-15-17-31-60(58)68)56-32-18-24-49-23-12-13-27-55(49)56)69(52-25-10-5-11-26-52)53-35-37-54(38-36-53)70-64-39-33-50(47-19-6-3-7-20-47)43-62(64)63-44-51(34-40-65(63)70)48-21-8-4-9-22-48;1-4-17-45(18-5-1)49-33-41-63-61(43-49)62-44-50(46-19-6-2-7-20-46)34-42-64(62)68(63)54-39-37-53(38-40-54)67(51-23-8-3-9-24-51)52-35-31-48(32-36-52)65-57-26-12-14-28-59(57)66(60-29-15-13-27-58(60)65)56-30-16-22-47-21-10-11-25-55(47)56/h3-44H,1-2H3;1-44H. The normalized spacial score (nSPS) is 11.6. The second kappa shape index (κ2) is 34.9. The van der Waals surface area contributed by atoms with Crippen LogP contribution >= 0.6 is 0 Å². The Kier molecular flexibility index (Phi) is 20.7. The van der Waals surface area contributed by atoms with Gasteiger partial charge < -0.3 is 18.9 Å². The van der Waals surface area contributed by atoms with Gasteiger partial charge in [-0.25, -0.2) is 0 Å². The van der Waals surface area contributed by atoms with E-state index in [1.54, 1.807) is 0 Å². The molecule has 0 atom stereocenters. The minimum atomic E-state index is 1.08. The van der Waals surface area contributed by atoms with Gasteiger partial charge in [0, 0.05) is 67.0 Å². The maximum absolute atomic E-state index is 2.43. The maximum Gasteiger partial charge on any atom is 0.0541 e. The SMILES string of the molecule is Cc1cc(N(c2ccccc2)c2ccc(-n3c4ccc(-c5ccccc5)cc4c4cc(-c5ccccc5)ccc43)cc2)c(C)cc1-c1c2ccccc2c(-c2cccc3ccccc23)c2ccccc12.c1ccc(-c2ccc3c(c2)c2cc(-c4ccccc4)ccc2n3-c2ccc(N(c3ccccc3)c3ccc(-c4c5ccccc5c(-c5cccc6ccccc56)c5ccccc45)cc3)cc2)cc1. The first kappa shape index (κ1) is 82.0. The lowest BCUT2D eigenvalue weighted by Gasteiger charge is -2.29. The lowest BCUT2D eigenvalue weighted by molar-refractivity contribution is 1.17. The largest absolute Gasteiger partial charge is 0.311 e. The van der Waals surface area contributed by atoms with E-state index in [2.05, 4.69) is 554 Å². The zero-order chi connectivity index (χ0) is 91.7. The van der Waals surface area contributed by atoms with Gasteiger partial charge in [-0.1, -0.05) is 376 Å². The monoisotopic (exact) mass is 1760 g/mol. The van der Waals surface area contributed by atoms with Crippen molar-refractivity contribution in [3.8, 4) is 100 Å². The summed E-state index contributed by atoms with van der Waals surface area (Å²) in [5.41, 5.74) is 35.7. The molecule has 0 aliphatic carbocycles. The molecule has 0 fully saturated rings. The van der Waals surface area contributed by atoms with Gasteiger partial charge in [0.1, 0.15) is 0 Å². The molecule has 2 aromatic heterocycles. The number of hydrogen-bond acceptors (Lipinski definition) is 2. The summed E-state index contributed by atoms with van der Waals surface area (Å²) in [5, 5.41) is 20.0. The van der Waals surface area contributed by atoms with E-state index in [-0.39, 0.29) is 0 Å². The molecule has 0 amide bonds. The number of anilines is 6. The Morgan fingerprint density at radius 1 is 0.152 bits per heavy atom. The van der Waals surface area contributed by atoms with E-state index in [0.29, 0.717) is 0 Å². The summed E-state index contributed by atoms with van der Waals surface area (Å²) in [6.07, 6.45) is 0. The molecule has 0 aliphatic rings. The molecular formula is C134H92N4. The summed E-state index contributed by atoms with van der Waals surface area (Å²) in [6.45, 7) is 4.55. The van der Waals surface area contributed by atoms with E-state index in [0.717, 1.165) is 45.5 Å². The molecule has 0 saturated carbocycles. The van der Waals surface area contributed by atoms with Crippen LogP contribution in [0.3, 0.4) is 0 Å². The fourth-order valence-corrected chi connectivity index (χ4v) is 21.8. The average molecular weight is 1760 g/mol. The molecule has 24 aromatic carbocycles. The van der Waals surface area contributed by atoms with Crippen molar-refractivity contribution >= 4 is 142 Å². The van der Waals surface area contributed by atoms with Crippen LogP contribution in [0.5, 0.6) is 0 Å². The Hall–Kier alpha value is -18.0. The molecule has 4 nitrogen and oxygen atoms in total. The zero-order valence-electron chi connectivity index (χ0n) is 76.4.